The van der Waals surface area contributed by atoms with Crippen molar-refractivity contribution in [2.75, 3.05) is 11.6 Å². The number of sulfone groups is 1. The lowest BCUT2D eigenvalue weighted by molar-refractivity contribution is 0.366. The lowest BCUT2D eigenvalue weighted by Crippen LogP contribution is -2.24. The molecule has 1 aromatic carbocycles. The Morgan fingerprint density at radius 1 is 1.19 bits per heavy atom. The van der Waals surface area contributed by atoms with Gasteiger partial charge in [-0.25, -0.2) is 13.1 Å². The Morgan fingerprint density at radius 3 is 2.42 bits per heavy atom. The molecular formula is C17H21N5O3S. The number of hydrogen-bond acceptors (Lipinski definition) is 6. The van der Waals surface area contributed by atoms with E-state index in [0.717, 1.165) is 5.56 Å². The number of nitrogens with one attached hydrogen (secondary N) is 2. The Labute approximate surface area is 151 Å². The second kappa shape index (κ2) is 6.24. The second-order valence-electron chi connectivity index (χ2n) is 7.15. The largest absolute Gasteiger partial charge is 0.352 e. The molecule has 0 aliphatic rings. The summed E-state index contributed by atoms with van der Waals surface area (Å²) in [5.41, 5.74) is 0.808. The summed E-state index contributed by atoms with van der Waals surface area (Å²) < 4.78 is 24.7. The van der Waals surface area contributed by atoms with Gasteiger partial charge in [-0.2, -0.15) is 10.1 Å². The van der Waals surface area contributed by atoms with Gasteiger partial charge in [-0.3, -0.25) is 9.78 Å². The molecule has 0 bridgehead atoms. The Bertz CT molecular complexity index is 1110. The fraction of sp³-hybridized carbons (Fsp3) is 0.353. The third-order valence-electron chi connectivity index (χ3n) is 3.88. The summed E-state index contributed by atoms with van der Waals surface area (Å²) >= 11 is 0. The molecule has 26 heavy (non-hydrogen) atoms. The van der Waals surface area contributed by atoms with Gasteiger partial charge in [-0.05, 0) is 38.5 Å². The van der Waals surface area contributed by atoms with Gasteiger partial charge >= 0.3 is 0 Å². The van der Waals surface area contributed by atoms with Crippen LogP contribution in [0.5, 0.6) is 0 Å². The Hall–Kier alpha value is -2.68. The van der Waals surface area contributed by atoms with Crippen LogP contribution in [0.15, 0.2) is 40.2 Å². The van der Waals surface area contributed by atoms with Crippen molar-refractivity contribution in [3.63, 3.8) is 0 Å². The van der Waals surface area contributed by atoms with E-state index in [1.54, 1.807) is 28.9 Å². The van der Waals surface area contributed by atoms with E-state index >= 15 is 0 Å². The Balaban J connectivity index is 1.86. The first-order valence-electron chi connectivity index (χ1n) is 8.07. The van der Waals surface area contributed by atoms with Gasteiger partial charge in [0.2, 0.25) is 5.95 Å². The lowest BCUT2D eigenvalue weighted by atomic mass is 10.1. The van der Waals surface area contributed by atoms with Crippen molar-refractivity contribution in [3.05, 3.63) is 46.4 Å². The normalized spacial score (nSPS) is 12.5. The van der Waals surface area contributed by atoms with Gasteiger partial charge in [0, 0.05) is 12.8 Å². The standard InChI is InChI=1S/C17H21N5O3S/c1-17(2,3)22-14-13(10-19-22)15(23)21-16(20-14)18-9-11-5-7-12(8-6-11)26(4,24)25/h5-8,10H,9H2,1-4H3,(H2,18,20,21,23). The number of hydrogen-bond donors (Lipinski definition) is 2. The molecule has 0 unspecified atom stereocenters. The number of aromatic amines is 1. The van der Waals surface area contributed by atoms with Crippen LogP contribution in [0, 0.1) is 0 Å². The molecule has 0 aliphatic heterocycles. The first-order chi connectivity index (χ1) is 12.1. The molecule has 9 heteroatoms. The van der Waals surface area contributed by atoms with Crippen LogP contribution in [0.4, 0.5) is 5.95 Å². The summed E-state index contributed by atoms with van der Waals surface area (Å²) in [6.07, 6.45) is 2.68. The average molecular weight is 375 g/mol. The van der Waals surface area contributed by atoms with Crippen LogP contribution in [0.3, 0.4) is 0 Å². The van der Waals surface area contributed by atoms with Gasteiger partial charge < -0.3 is 5.32 Å². The minimum absolute atomic E-state index is 0.263. The number of H-pyrrole nitrogens is 1. The number of rotatable bonds is 4. The molecule has 3 aromatic rings. The predicted molar refractivity (Wildman–Crippen MR) is 100 cm³/mol. The van der Waals surface area contributed by atoms with Crippen LogP contribution in [0.2, 0.25) is 0 Å². The van der Waals surface area contributed by atoms with Crippen LogP contribution >= 0.6 is 0 Å². The smallest absolute Gasteiger partial charge is 0.263 e. The third kappa shape index (κ3) is 3.62. The molecule has 0 amide bonds. The molecule has 138 valence electrons. The molecule has 2 N–H and O–H groups in total. The molecule has 2 aromatic heterocycles. The monoisotopic (exact) mass is 375 g/mol. The fourth-order valence-electron chi connectivity index (χ4n) is 2.53. The molecule has 0 radical (unpaired) electrons. The highest BCUT2D eigenvalue weighted by molar-refractivity contribution is 7.90. The predicted octanol–water partition coefficient (Wildman–Crippen LogP) is 1.89. The number of fused-ring (bicyclic) bond motifs is 1. The molecule has 8 nitrogen and oxygen atoms in total. The molecule has 0 spiro atoms. The number of anilines is 1. The van der Waals surface area contributed by atoms with Crippen molar-refractivity contribution >= 4 is 26.8 Å². The zero-order valence-electron chi connectivity index (χ0n) is 15.1. The summed E-state index contributed by atoms with van der Waals surface area (Å²) in [6, 6.07) is 6.56. The van der Waals surface area contributed by atoms with Gasteiger partial charge in [-0.15, -0.1) is 0 Å². The van der Waals surface area contributed by atoms with E-state index in [9.17, 15) is 13.2 Å². The van der Waals surface area contributed by atoms with E-state index in [2.05, 4.69) is 20.4 Å². The van der Waals surface area contributed by atoms with Crippen LogP contribution in [0.1, 0.15) is 26.3 Å². The van der Waals surface area contributed by atoms with E-state index in [1.807, 2.05) is 20.8 Å². The van der Waals surface area contributed by atoms with Crippen LogP contribution in [0.25, 0.3) is 11.0 Å². The van der Waals surface area contributed by atoms with Crippen molar-refractivity contribution in [1.82, 2.24) is 19.7 Å². The van der Waals surface area contributed by atoms with Crippen LogP contribution in [-0.2, 0) is 21.9 Å². The molecule has 0 fully saturated rings. The number of benzene rings is 1. The van der Waals surface area contributed by atoms with Crippen molar-refractivity contribution in [1.29, 1.82) is 0 Å². The summed E-state index contributed by atoms with van der Waals surface area (Å²) in [6.45, 7) is 6.35. The molecule has 2 heterocycles. The number of nitrogens with zero attached hydrogens (tertiary/aromatic N) is 3. The maximum atomic E-state index is 12.3. The zero-order valence-corrected chi connectivity index (χ0v) is 15.9. The summed E-state index contributed by atoms with van der Waals surface area (Å²) in [4.78, 5) is 19.7. The summed E-state index contributed by atoms with van der Waals surface area (Å²) in [5, 5.41) is 7.77. The van der Waals surface area contributed by atoms with Crippen molar-refractivity contribution in [3.8, 4) is 0 Å². The fourth-order valence-corrected chi connectivity index (χ4v) is 3.16. The highest BCUT2D eigenvalue weighted by Gasteiger charge is 2.19. The molecule has 3 rings (SSSR count). The first-order valence-corrected chi connectivity index (χ1v) is 9.96. The highest BCUT2D eigenvalue weighted by atomic mass is 32.2. The van der Waals surface area contributed by atoms with Crippen molar-refractivity contribution in [2.24, 2.45) is 0 Å². The summed E-state index contributed by atoms with van der Waals surface area (Å²) in [5.74, 6) is 0.334. The Morgan fingerprint density at radius 2 is 1.85 bits per heavy atom. The van der Waals surface area contributed by atoms with Crippen molar-refractivity contribution in [2.45, 2.75) is 37.8 Å². The zero-order chi connectivity index (χ0) is 19.1. The van der Waals surface area contributed by atoms with E-state index in [1.165, 1.54) is 12.5 Å². The summed E-state index contributed by atoms with van der Waals surface area (Å²) in [7, 11) is -3.22. The maximum absolute atomic E-state index is 12.3. The topological polar surface area (TPSA) is 110 Å². The van der Waals surface area contributed by atoms with E-state index in [0.29, 0.717) is 23.5 Å². The molecule has 0 saturated heterocycles. The minimum Gasteiger partial charge on any atom is -0.352 e. The van der Waals surface area contributed by atoms with Gasteiger partial charge in [0.25, 0.3) is 5.56 Å². The maximum Gasteiger partial charge on any atom is 0.263 e. The van der Waals surface area contributed by atoms with E-state index in [4.69, 9.17) is 0 Å². The van der Waals surface area contributed by atoms with Gasteiger partial charge in [0.05, 0.1) is 16.6 Å². The third-order valence-corrected chi connectivity index (χ3v) is 5.01. The molecular weight excluding hydrogens is 354 g/mol. The molecule has 0 aliphatic carbocycles. The highest BCUT2D eigenvalue weighted by Crippen LogP contribution is 2.19. The van der Waals surface area contributed by atoms with Crippen molar-refractivity contribution < 1.29 is 8.42 Å². The minimum atomic E-state index is -3.22. The van der Waals surface area contributed by atoms with Crippen LogP contribution in [-0.4, -0.2) is 34.4 Å². The quantitative estimate of drug-likeness (QED) is 0.721. The first kappa shape index (κ1) is 18.1. The molecule has 0 saturated carbocycles. The second-order valence-corrected chi connectivity index (χ2v) is 9.16. The lowest BCUT2D eigenvalue weighted by Gasteiger charge is -2.19. The van der Waals surface area contributed by atoms with Gasteiger partial charge in [0.15, 0.2) is 15.5 Å². The van der Waals surface area contributed by atoms with Gasteiger partial charge in [-0.1, -0.05) is 12.1 Å². The number of aromatic nitrogens is 4. The van der Waals surface area contributed by atoms with Crippen LogP contribution < -0.4 is 10.9 Å². The van der Waals surface area contributed by atoms with Gasteiger partial charge in [0.1, 0.15) is 5.39 Å². The average Bonchev–Trinajstić information content (AvgIpc) is 2.97. The molecule has 0 atom stereocenters. The van der Waals surface area contributed by atoms with E-state index in [-0.39, 0.29) is 16.0 Å². The SMILES string of the molecule is CC(C)(C)n1ncc2c(=O)[nH]c(NCc3ccc(S(C)(=O)=O)cc3)nc21. The Kier molecular flexibility index (Phi) is 4.35. The van der Waals surface area contributed by atoms with E-state index < -0.39 is 9.84 Å².